The predicted octanol–water partition coefficient (Wildman–Crippen LogP) is 3.28. The molecule has 2 unspecified atom stereocenters. The second-order valence-electron chi connectivity index (χ2n) is 10.9. The molecule has 0 spiro atoms. The molecule has 0 saturated carbocycles. The molecule has 2 atom stereocenters. The first kappa shape index (κ1) is 24.6. The first-order chi connectivity index (χ1) is 17.0. The number of amides is 2. The van der Waals surface area contributed by atoms with Gasteiger partial charge in [-0.25, -0.2) is 9.78 Å². The van der Waals surface area contributed by atoms with Crippen molar-refractivity contribution in [3.8, 4) is 0 Å². The molecule has 2 aliphatic heterocycles. The summed E-state index contributed by atoms with van der Waals surface area (Å²) in [6.45, 7) is 10.8. The number of benzene rings is 2. The van der Waals surface area contributed by atoms with E-state index in [9.17, 15) is 9.59 Å². The average Bonchev–Trinajstić information content (AvgIpc) is 3.49. The van der Waals surface area contributed by atoms with E-state index in [-0.39, 0.29) is 18.5 Å². The zero-order chi connectivity index (χ0) is 25.8. The Labute approximate surface area is 211 Å². The number of aromatic amines is 1. The van der Waals surface area contributed by atoms with Crippen LogP contribution in [-0.2, 0) is 18.8 Å². The summed E-state index contributed by atoms with van der Waals surface area (Å²) in [5.74, 6) is 0.917. The van der Waals surface area contributed by atoms with Gasteiger partial charge >= 0.3 is 13.2 Å². The van der Waals surface area contributed by atoms with Crippen molar-refractivity contribution in [3.05, 3.63) is 36.2 Å². The number of aromatic nitrogens is 2. The van der Waals surface area contributed by atoms with Crippen LogP contribution in [0.25, 0.3) is 21.8 Å². The Morgan fingerprint density at radius 1 is 1.19 bits per heavy atom. The monoisotopic (exact) mass is 492 g/mol. The highest BCUT2D eigenvalue weighted by molar-refractivity contribution is 6.62. The van der Waals surface area contributed by atoms with Gasteiger partial charge in [0, 0.05) is 11.9 Å². The topological polar surface area (TPSA) is 106 Å². The Balaban J connectivity index is 1.43. The molecule has 9 nitrogen and oxygen atoms in total. The van der Waals surface area contributed by atoms with E-state index in [1.165, 1.54) is 7.11 Å². The van der Waals surface area contributed by atoms with Gasteiger partial charge in [0.1, 0.15) is 12.4 Å². The molecular formula is C26H33BN4O5. The molecule has 5 rings (SSSR count). The number of likely N-dealkylation sites (tertiary alicyclic amines) is 1. The summed E-state index contributed by atoms with van der Waals surface area (Å²) in [4.78, 5) is 34.5. The van der Waals surface area contributed by atoms with Crippen molar-refractivity contribution < 1.29 is 23.6 Å². The average molecular weight is 492 g/mol. The summed E-state index contributed by atoms with van der Waals surface area (Å²) in [5.41, 5.74) is 1.95. The van der Waals surface area contributed by atoms with Crippen LogP contribution in [-0.4, -0.2) is 65.4 Å². The highest BCUT2D eigenvalue weighted by Gasteiger charge is 2.51. The van der Waals surface area contributed by atoms with E-state index in [1.54, 1.807) is 4.90 Å². The molecule has 2 aromatic carbocycles. The quantitative estimate of drug-likeness (QED) is 0.542. The number of methoxy groups -OCH3 is 1. The van der Waals surface area contributed by atoms with Gasteiger partial charge in [-0.2, -0.15) is 0 Å². The highest BCUT2D eigenvalue weighted by Crippen LogP contribution is 2.38. The standard InChI is InChI=1S/C26H33BN4O5/c1-15-11-20(31(14-15)21(32)13-28-24(33)34-6)23-29-19-10-7-16-12-17(8-9-18(16)22(19)30-23)27-35-25(2,3)26(4,5)36-27/h7-10,12,15,20H,11,13-14H2,1-6H3,(H,28,33)(H,29,30). The lowest BCUT2D eigenvalue weighted by molar-refractivity contribution is -0.131. The third kappa shape index (κ3) is 4.22. The number of nitrogens with one attached hydrogen (secondary N) is 2. The summed E-state index contributed by atoms with van der Waals surface area (Å²) >= 11 is 0. The van der Waals surface area contributed by atoms with Crippen molar-refractivity contribution in [1.82, 2.24) is 20.2 Å². The minimum atomic E-state index is -0.623. The molecular weight excluding hydrogens is 459 g/mol. The zero-order valence-corrected chi connectivity index (χ0v) is 21.7. The molecule has 0 bridgehead atoms. The Morgan fingerprint density at radius 2 is 1.92 bits per heavy atom. The maximum absolute atomic E-state index is 12.9. The molecule has 2 N–H and O–H groups in total. The normalized spacial score (nSPS) is 22.9. The summed E-state index contributed by atoms with van der Waals surface area (Å²) in [5, 5.41) is 4.55. The fourth-order valence-corrected chi connectivity index (χ4v) is 5.03. The van der Waals surface area contributed by atoms with Gasteiger partial charge in [0.15, 0.2) is 0 Å². The summed E-state index contributed by atoms with van der Waals surface area (Å²) < 4.78 is 17.0. The van der Waals surface area contributed by atoms with Gasteiger partial charge in [-0.3, -0.25) is 4.79 Å². The van der Waals surface area contributed by atoms with Gasteiger partial charge in [0.25, 0.3) is 0 Å². The Bertz CT molecular complexity index is 1320. The number of hydrogen-bond donors (Lipinski definition) is 2. The van der Waals surface area contributed by atoms with E-state index >= 15 is 0 Å². The van der Waals surface area contributed by atoms with Crippen LogP contribution in [0.15, 0.2) is 30.3 Å². The molecule has 2 amide bonds. The van der Waals surface area contributed by atoms with E-state index in [1.807, 2.05) is 39.8 Å². The van der Waals surface area contributed by atoms with Crippen LogP contribution < -0.4 is 10.8 Å². The largest absolute Gasteiger partial charge is 0.494 e. The maximum atomic E-state index is 12.9. The van der Waals surface area contributed by atoms with Crippen molar-refractivity contribution in [2.24, 2.45) is 5.92 Å². The highest BCUT2D eigenvalue weighted by atomic mass is 16.7. The van der Waals surface area contributed by atoms with E-state index < -0.39 is 24.4 Å². The van der Waals surface area contributed by atoms with Crippen LogP contribution in [0.4, 0.5) is 4.79 Å². The minimum Gasteiger partial charge on any atom is -0.453 e. The Kier molecular flexibility index (Phi) is 5.99. The lowest BCUT2D eigenvalue weighted by Gasteiger charge is -2.32. The lowest BCUT2D eigenvalue weighted by Crippen LogP contribution is -2.41. The number of H-pyrrole nitrogens is 1. The number of nitrogens with zero attached hydrogens (tertiary/aromatic N) is 2. The Hall–Kier alpha value is -3.11. The van der Waals surface area contributed by atoms with E-state index in [0.717, 1.165) is 39.5 Å². The van der Waals surface area contributed by atoms with Crippen LogP contribution in [0.2, 0.25) is 0 Å². The summed E-state index contributed by atoms with van der Waals surface area (Å²) in [6.07, 6.45) is 0.176. The summed E-state index contributed by atoms with van der Waals surface area (Å²) in [6, 6.07) is 10.1. The fraction of sp³-hybridized carbons (Fsp3) is 0.500. The van der Waals surface area contributed by atoms with Gasteiger partial charge < -0.3 is 29.2 Å². The Morgan fingerprint density at radius 3 is 2.61 bits per heavy atom. The summed E-state index contributed by atoms with van der Waals surface area (Å²) in [7, 11) is 0.848. The van der Waals surface area contributed by atoms with E-state index in [2.05, 4.69) is 40.2 Å². The third-order valence-electron chi connectivity index (χ3n) is 7.75. The molecule has 10 heteroatoms. The number of ether oxygens (including phenoxy) is 1. The van der Waals surface area contributed by atoms with Crippen molar-refractivity contribution in [2.75, 3.05) is 20.2 Å². The van der Waals surface area contributed by atoms with Crippen LogP contribution in [0.5, 0.6) is 0 Å². The minimum absolute atomic E-state index is 0.110. The van der Waals surface area contributed by atoms with Crippen molar-refractivity contribution in [3.63, 3.8) is 0 Å². The molecule has 190 valence electrons. The molecule has 36 heavy (non-hydrogen) atoms. The first-order valence-electron chi connectivity index (χ1n) is 12.4. The fourth-order valence-electron chi connectivity index (χ4n) is 5.03. The SMILES string of the molecule is COC(=O)NCC(=O)N1CC(C)CC1c1nc2c(ccc3cc(B4OC(C)(C)C(C)(C)O4)ccc32)[nH]1. The molecule has 2 saturated heterocycles. The lowest BCUT2D eigenvalue weighted by atomic mass is 9.78. The smallest absolute Gasteiger partial charge is 0.453 e. The molecule has 2 fully saturated rings. The third-order valence-corrected chi connectivity index (χ3v) is 7.75. The number of hydrogen-bond acceptors (Lipinski definition) is 6. The van der Waals surface area contributed by atoms with Gasteiger partial charge in [-0.1, -0.05) is 31.2 Å². The molecule has 3 aromatic rings. The predicted molar refractivity (Wildman–Crippen MR) is 138 cm³/mol. The number of carbonyl (C=O) groups excluding carboxylic acids is 2. The molecule has 3 heterocycles. The van der Waals surface area contributed by atoms with E-state index in [0.29, 0.717) is 12.5 Å². The molecule has 0 radical (unpaired) electrons. The first-order valence-corrected chi connectivity index (χ1v) is 12.4. The van der Waals surface area contributed by atoms with E-state index in [4.69, 9.17) is 14.3 Å². The maximum Gasteiger partial charge on any atom is 0.494 e. The second kappa shape index (κ2) is 8.78. The van der Waals surface area contributed by atoms with Crippen LogP contribution in [0.3, 0.4) is 0 Å². The van der Waals surface area contributed by atoms with Gasteiger partial charge in [-0.05, 0) is 56.9 Å². The number of alkyl carbamates (subject to hydrolysis) is 1. The van der Waals surface area contributed by atoms with Crippen molar-refractivity contribution in [1.29, 1.82) is 0 Å². The van der Waals surface area contributed by atoms with Crippen LogP contribution in [0, 0.1) is 5.92 Å². The number of rotatable bonds is 4. The second-order valence-corrected chi connectivity index (χ2v) is 10.9. The van der Waals surface area contributed by atoms with Gasteiger partial charge in [0.05, 0.1) is 35.4 Å². The van der Waals surface area contributed by atoms with Crippen molar-refractivity contribution >= 4 is 46.4 Å². The van der Waals surface area contributed by atoms with Gasteiger partial charge in [-0.15, -0.1) is 0 Å². The van der Waals surface area contributed by atoms with Crippen LogP contribution in [0.1, 0.15) is 52.9 Å². The zero-order valence-electron chi connectivity index (χ0n) is 21.7. The van der Waals surface area contributed by atoms with Gasteiger partial charge in [0.2, 0.25) is 5.91 Å². The number of fused-ring (bicyclic) bond motifs is 3. The number of carbonyl (C=O) groups is 2. The van der Waals surface area contributed by atoms with Crippen molar-refractivity contribution in [2.45, 2.75) is 58.3 Å². The molecule has 1 aromatic heterocycles. The molecule has 0 aliphatic carbocycles. The molecule has 2 aliphatic rings. The van der Waals surface area contributed by atoms with Crippen LogP contribution >= 0.6 is 0 Å². The number of imidazole rings is 1.